The van der Waals surface area contributed by atoms with Crippen LogP contribution in [0, 0.1) is 41.0 Å². The molecule has 2 aromatic rings. The second kappa shape index (κ2) is 14.3. The van der Waals surface area contributed by atoms with E-state index in [4.69, 9.17) is 9.47 Å². The number of benzene rings is 2. The van der Waals surface area contributed by atoms with Crippen molar-refractivity contribution >= 4 is 0 Å². The van der Waals surface area contributed by atoms with E-state index in [1.54, 1.807) is 6.08 Å². The lowest BCUT2D eigenvalue weighted by molar-refractivity contribution is -0.280. The minimum atomic E-state index is -4.11. The van der Waals surface area contributed by atoms with Crippen LogP contribution < -0.4 is 4.74 Å². The van der Waals surface area contributed by atoms with Gasteiger partial charge in [0.1, 0.15) is 22.9 Å². The maximum atomic E-state index is 14.8. The van der Waals surface area contributed by atoms with E-state index in [1.807, 2.05) is 12.2 Å². The Morgan fingerprint density at radius 2 is 1.33 bits per heavy atom. The Labute approximate surface area is 246 Å². The molecular weight excluding hydrogens is 580 g/mol. The number of allylic oxidation sites excluding steroid dienone is 3. The third kappa shape index (κ3) is 8.83. The molecule has 4 rings (SSSR count). The van der Waals surface area contributed by atoms with E-state index in [0.29, 0.717) is 56.6 Å². The van der Waals surface area contributed by atoms with E-state index in [-0.39, 0.29) is 37.5 Å². The first kappa shape index (κ1) is 33.0. The van der Waals surface area contributed by atoms with E-state index < -0.39 is 58.8 Å². The van der Waals surface area contributed by atoms with Crippen LogP contribution >= 0.6 is 0 Å². The molecule has 0 saturated heterocycles. The molecule has 2 nitrogen and oxygen atoms in total. The van der Waals surface area contributed by atoms with Gasteiger partial charge in [-0.2, -0.15) is 17.6 Å². The molecule has 236 valence electrons. The smallest absolute Gasteiger partial charge is 0.400 e. The standard InChI is InChI=1S/C33H36F8O2/c1-2-3-4-5-23-18-29(36)31(30(37)19-23)33(40,41)42-25-14-10-22(11-15-25)7-6-21-8-12-24(13-9-21)32(38,39)43-26-16-17-27(34)28(35)20-26/h2,6-7,16-22,24-25H,1,3-5,8-15H2/b7-6+. The number of hydrogen-bond donors (Lipinski definition) is 0. The number of halogens is 8. The topological polar surface area (TPSA) is 18.5 Å². The van der Waals surface area contributed by atoms with Gasteiger partial charge in [0.15, 0.2) is 11.6 Å². The van der Waals surface area contributed by atoms with Gasteiger partial charge < -0.3 is 9.47 Å². The van der Waals surface area contributed by atoms with Gasteiger partial charge in [-0.3, -0.25) is 0 Å². The minimum absolute atomic E-state index is 0.0688. The van der Waals surface area contributed by atoms with Crippen LogP contribution in [0.4, 0.5) is 35.1 Å². The molecule has 0 spiro atoms. The van der Waals surface area contributed by atoms with Crippen LogP contribution in [0.25, 0.3) is 0 Å². The van der Waals surface area contributed by atoms with Crippen LogP contribution in [0.5, 0.6) is 5.75 Å². The molecule has 0 atom stereocenters. The highest BCUT2D eigenvalue weighted by atomic mass is 19.3. The molecule has 0 amide bonds. The highest BCUT2D eigenvalue weighted by Gasteiger charge is 2.44. The highest BCUT2D eigenvalue weighted by molar-refractivity contribution is 5.29. The van der Waals surface area contributed by atoms with Crippen LogP contribution in [0.3, 0.4) is 0 Å². The van der Waals surface area contributed by atoms with E-state index in [9.17, 15) is 35.1 Å². The van der Waals surface area contributed by atoms with Crippen LogP contribution in [0.15, 0.2) is 55.1 Å². The Hall–Kier alpha value is -2.88. The largest absolute Gasteiger partial charge is 0.432 e. The zero-order valence-corrected chi connectivity index (χ0v) is 23.8. The monoisotopic (exact) mass is 616 g/mol. The molecule has 2 aliphatic carbocycles. The number of hydrogen-bond acceptors (Lipinski definition) is 2. The molecule has 2 fully saturated rings. The van der Waals surface area contributed by atoms with Gasteiger partial charge in [0.25, 0.3) is 0 Å². The first-order chi connectivity index (χ1) is 20.4. The molecule has 0 aliphatic heterocycles. The van der Waals surface area contributed by atoms with Crippen molar-refractivity contribution in [3.05, 3.63) is 89.5 Å². The molecule has 0 heterocycles. The van der Waals surface area contributed by atoms with Gasteiger partial charge in [-0.1, -0.05) is 18.2 Å². The Kier molecular flexibility index (Phi) is 11.0. The molecule has 0 unspecified atom stereocenters. The first-order valence-electron chi connectivity index (χ1n) is 14.7. The fraction of sp³-hybridized carbons (Fsp3) is 0.515. The summed E-state index contributed by atoms with van der Waals surface area (Å²) in [7, 11) is 0. The third-order valence-electron chi connectivity index (χ3n) is 8.35. The van der Waals surface area contributed by atoms with E-state index in [1.165, 1.54) is 0 Å². The summed E-state index contributed by atoms with van der Waals surface area (Å²) in [5, 5.41) is 0. The van der Waals surface area contributed by atoms with Gasteiger partial charge >= 0.3 is 12.2 Å². The predicted octanol–water partition coefficient (Wildman–Crippen LogP) is 10.4. The fourth-order valence-electron chi connectivity index (χ4n) is 5.91. The van der Waals surface area contributed by atoms with Gasteiger partial charge in [0.05, 0.1) is 12.0 Å². The van der Waals surface area contributed by atoms with Crippen molar-refractivity contribution in [2.45, 2.75) is 89.0 Å². The average molecular weight is 617 g/mol. The quantitative estimate of drug-likeness (QED) is 0.134. The number of ether oxygens (including phenoxy) is 2. The van der Waals surface area contributed by atoms with Crippen molar-refractivity contribution in [3.8, 4) is 5.75 Å². The summed E-state index contributed by atoms with van der Waals surface area (Å²) in [6, 6.07) is 4.14. The van der Waals surface area contributed by atoms with Crippen LogP contribution in [0.2, 0.25) is 0 Å². The van der Waals surface area contributed by atoms with Gasteiger partial charge in [0, 0.05) is 6.07 Å². The van der Waals surface area contributed by atoms with E-state index >= 15 is 0 Å². The fourth-order valence-corrected chi connectivity index (χ4v) is 5.91. The van der Waals surface area contributed by atoms with Gasteiger partial charge in [-0.05, 0) is 112 Å². The first-order valence-corrected chi connectivity index (χ1v) is 14.7. The Balaban J connectivity index is 1.23. The second-order valence-corrected chi connectivity index (χ2v) is 11.5. The van der Waals surface area contributed by atoms with Crippen molar-refractivity contribution < 1.29 is 44.6 Å². The lowest BCUT2D eigenvalue weighted by atomic mass is 9.80. The number of rotatable bonds is 12. The van der Waals surface area contributed by atoms with Gasteiger partial charge in [0.2, 0.25) is 0 Å². The molecule has 10 heteroatoms. The van der Waals surface area contributed by atoms with Crippen molar-refractivity contribution in [2.24, 2.45) is 17.8 Å². The molecule has 0 N–H and O–H groups in total. The van der Waals surface area contributed by atoms with Crippen molar-refractivity contribution in [3.63, 3.8) is 0 Å². The molecule has 0 bridgehead atoms. The Morgan fingerprint density at radius 1 is 0.744 bits per heavy atom. The Bertz CT molecular complexity index is 1240. The summed E-state index contributed by atoms with van der Waals surface area (Å²) in [5.41, 5.74) is -1.08. The maximum Gasteiger partial charge on any atom is 0.400 e. The van der Waals surface area contributed by atoms with Gasteiger partial charge in [-0.15, -0.1) is 6.58 Å². The van der Waals surface area contributed by atoms with E-state index in [2.05, 4.69) is 6.58 Å². The summed E-state index contributed by atoms with van der Waals surface area (Å²) in [6.45, 7) is 3.58. The zero-order chi connectivity index (χ0) is 31.2. The second-order valence-electron chi connectivity index (χ2n) is 11.5. The molecule has 0 aromatic heterocycles. The summed E-state index contributed by atoms with van der Waals surface area (Å²) < 4.78 is 124. The van der Waals surface area contributed by atoms with Crippen LogP contribution in [0.1, 0.15) is 75.3 Å². The highest BCUT2D eigenvalue weighted by Crippen LogP contribution is 2.42. The summed E-state index contributed by atoms with van der Waals surface area (Å²) in [6.07, 6.45) is 1.72. The normalized spacial score (nSPS) is 23.4. The molecule has 2 aromatic carbocycles. The van der Waals surface area contributed by atoms with Crippen molar-refractivity contribution in [1.82, 2.24) is 0 Å². The molecule has 2 aliphatic rings. The number of aryl methyl sites for hydroxylation is 1. The van der Waals surface area contributed by atoms with E-state index in [0.717, 1.165) is 24.3 Å². The lowest BCUT2D eigenvalue weighted by Crippen LogP contribution is -2.37. The molecule has 2 saturated carbocycles. The maximum absolute atomic E-state index is 14.8. The summed E-state index contributed by atoms with van der Waals surface area (Å²) >= 11 is 0. The van der Waals surface area contributed by atoms with Gasteiger partial charge in [-0.25, -0.2) is 17.6 Å². The lowest BCUT2D eigenvalue weighted by Gasteiger charge is -2.33. The predicted molar refractivity (Wildman–Crippen MR) is 147 cm³/mol. The zero-order valence-electron chi connectivity index (χ0n) is 23.8. The molecular formula is C33H36F8O2. The number of alkyl halides is 4. The van der Waals surface area contributed by atoms with Crippen LogP contribution in [-0.4, -0.2) is 12.2 Å². The summed E-state index contributed by atoms with van der Waals surface area (Å²) in [5.74, 6) is -6.43. The molecule has 43 heavy (non-hydrogen) atoms. The van der Waals surface area contributed by atoms with Crippen molar-refractivity contribution in [2.75, 3.05) is 0 Å². The molecule has 0 radical (unpaired) electrons. The minimum Gasteiger partial charge on any atom is -0.432 e. The summed E-state index contributed by atoms with van der Waals surface area (Å²) in [4.78, 5) is 0. The average Bonchev–Trinajstić information content (AvgIpc) is 2.94. The Morgan fingerprint density at radius 3 is 1.88 bits per heavy atom. The van der Waals surface area contributed by atoms with Crippen LogP contribution in [-0.2, 0) is 17.3 Å². The van der Waals surface area contributed by atoms with Crippen molar-refractivity contribution in [1.29, 1.82) is 0 Å². The number of unbranched alkanes of at least 4 members (excludes halogenated alkanes) is 1. The third-order valence-corrected chi connectivity index (χ3v) is 8.35. The SMILES string of the molecule is C=CCCCc1cc(F)c(C(F)(F)OC2CCC(/C=C/C3CCC(C(F)(F)Oc4ccc(F)c(F)c4)CC3)CC2)c(F)c1.